The zero-order valence-electron chi connectivity index (χ0n) is 24.5. The van der Waals surface area contributed by atoms with Gasteiger partial charge >= 0.3 is 5.97 Å². The maximum atomic E-state index is 11.8. The van der Waals surface area contributed by atoms with Crippen LogP contribution < -0.4 is 0 Å². The molecule has 0 amide bonds. The zero-order chi connectivity index (χ0) is 25.4. The molecule has 5 saturated carbocycles. The Bertz CT molecular complexity index is 831. The second-order valence-electron chi connectivity index (χ2n) is 15.9. The van der Waals surface area contributed by atoms with Gasteiger partial charge in [0.2, 0.25) is 0 Å². The van der Waals surface area contributed by atoms with Crippen molar-refractivity contribution in [1.29, 1.82) is 0 Å². The van der Waals surface area contributed by atoms with E-state index in [9.17, 15) is 4.79 Å². The zero-order valence-corrected chi connectivity index (χ0v) is 24.5. The molecule has 0 heterocycles. The lowest BCUT2D eigenvalue weighted by atomic mass is 9.32. The van der Waals surface area contributed by atoms with Gasteiger partial charge in [0.1, 0.15) is 0 Å². The number of fused-ring (bicyclic) bond motifs is 7. The molecule has 5 aliphatic carbocycles. The highest BCUT2D eigenvalue weighted by Gasteiger charge is 2.70. The second-order valence-corrected chi connectivity index (χ2v) is 15.9. The first-order valence-electron chi connectivity index (χ1n) is 15.4. The average molecular weight is 485 g/mol. The minimum atomic E-state index is -0.0323. The Hall–Kier alpha value is -0.530. The third-order valence-corrected chi connectivity index (χ3v) is 14.5. The van der Waals surface area contributed by atoms with Gasteiger partial charge in [0.05, 0.1) is 7.11 Å². The SMILES string of the molecule is COC(=O)CC[C@@H](C)[C@H]1CC[C@]2(C)[C@H]3CC[C@@H]4[C@@]5(C)CCCC(C)(C)[C@H]5CC[C@@]4(C)[C@]3(C)CC[C@@H]12. The normalized spacial score (nSPS) is 51.4. The molecule has 200 valence electrons. The number of methoxy groups -OCH3 is 1. The summed E-state index contributed by atoms with van der Waals surface area (Å²) in [6, 6.07) is 0. The lowest BCUT2D eigenvalue weighted by Crippen LogP contribution is -2.65. The highest BCUT2D eigenvalue weighted by Crippen LogP contribution is 2.78. The van der Waals surface area contributed by atoms with Gasteiger partial charge in [0.25, 0.3) is 0 Å². The first-order chi connectivity index (χ1) is 16.3. The summed E-state index contributed by atoms with van der Waals surface area (Å²) in [4.78, 5) is 11.8. The van der Waals surface area contributed by atoms with Crippen LogP contribution in [0.5, 0.6) is 0 Å². The predicted molar refractivity (Wildman–Crippen MR) is 145 cm³/mol. The van der Waals surface area contributed by atoms with Crippen LogP contribution in [0.2, 0.25) is 0 Å². The van der Waals surface area contributed by atoms with Gasteiger partial charge < -0.3 is 4.74 Å². The number of carbonyl (C=O) groups is 1. The van der Waals surface area contributed by atoms with Crippen molar-refractivity contribution in [3.63, 3.8) is 0 Å². The van der Waals surface area contributed by atoms with Gasteiger partial charge in [-0.2, -0.15) is 0 Å². The van der Waals surface area contributed by atoms with Crippen LogP contribution in [-0.4, -0.2) is 13.1 Å². The van der Waals surface area contributed by atoms with Crippen molar-refractivity contribution in [3.8, 4) is 0 Å². The number of esters is 1. The highest BCUT2D eigenvalue weighted by atomic mass is 16.5. The largest absolute Gasteiger partial charge is 0.469 e. The van der Waals surface area contributed by atoms with Crippen molar-refractivity contribution in [2.75, 3.05) is 7.11 Å². The van der Waals surface area contributed by atoms with Crippen LogP contribution in [0.25, 0.3) is 0 Å². The quantitative estimate of drug-likeness (QED) is 0.372. The fourth-order valence-corrected chi connectivity index (χ4v) is 12.7. The van der Waals surface area contributed by atoms with E-state index in [1.807, 2.05) is 0 Å². The standard InChI is InChI=1S/C33H56O2/c1-22(10-13-28(34)35-8)23-14-19-30(4)24(23)15-20-32(6)26(30)11-12-27-31(5)18-9-17-29(2,3)25(31)16-21-33(27,32)7/h22-27H,9-21H2,1-8H3/t22-,23-,24+,25-,26-,27-,30+,31+,32-,33-/m1/s1. The maximum absolute atomic E-state index is 11.8. The molecule has 5 aliphatic rings. The summed E-state index contributed by atoms with van der Waals surface area (Å²) in [5, 5.41) is 0. The average Bonchev–Trinajstić information content (AvgIpc) is 3.14. The number of carbonyl (C=O) groups excluding carboxylic acids is 1. The minimum absolute atomic E-state index is 0.0323. The Morgan fingerprint density at radius 3 is 2.06 bits per heavy atom. The fourth-order valence-electron chi connectivity index (χ4n) is 12.7. The Balaban J connectivity index is 1.40. The number of ether oxygens (including phenoxy) is 1. The van der Waals surface area contributed by atoms with E-state index in [-0.39, 0.29) is 5.97 Å². The molecule has 0 aromatic heterocycles. The van der Waals surface area contributed by atoms with Crippen LogP contribution in [0, 0.1) is 62.6 Å². The van der Waals surface area contributed by atoms with Crippen molar-refractivity contribution in [1.82, 2.24) is 0 Å². The molecule has 0 N–H and O–H groups in total. The van der Waals surface area contributed by atoms with Crippen molar-refractivity contribution in [2.24, 2.45) is 62.6 Å². The van der Waals surface area contributed by atoms with Gasteiger partial charge in [-0.25, -0.2) is 0 Å². The van der Waals surface area contributed by atoms with E-state index in [0.717, 1.165) is 36.0 Å². The van der Waals surface area contributed by atoms with E-state index >= 15 is 0 Å². The molecule has 35 heavy (non-hydrogen) atoms. The molecular weight excluding hydrogens is 428 g/mol. The smallest absolute Gasteiger partial charge is 0.305 e. The van der Waals surface area contributed by atoms with Gasteiger partial charge in [-0.1, -0.05) is 54.9 Å². The number of hydrogen-bond acceptors (Lipinski definition) is 2. The lowest BCUT2D eigenvalue weighted by molar-refractivity contribution is -0.241. The molecule has 0 bridgehead atoms. The van der Waals surface area contributed by atoms with E-state index in [1.54, 1.807) is 0 Å². The summed E-state index contributed by atoms with van der Waals surface area (Å²) in [7, 11) is 1.53. The molecular formula is C33H56O2. The van der Waals surface area contributed by atoms with E-state index in [1.165, 1.54) is 77.7 Å². The van der Waals surface area contributed by atoms with Crippen LogP contribution in [0.3, 0.4) is 0 Å². The summed E-state index contributed by atoms with van der Waals surface area (Å²) < 4.78 is 4.95. The molecule has 0 spiro atoms. The molecule has 0 radical (unpaired) electrons. The van der Waals surface area contributed by atoms with Crippen molar-refractivity contribution >= 4 is 5.97 Å². The number of rotatable bonds is 4. The maximum Gasteiger partial charge on any atom is 0.305 e. The van der Waals surface area contributed by atoms with E-state index in [0.29, 0.717) is 39.4 Å². The second kappa shape index (κ2) is 8.49. The minimum Gasteiger partial charge on any atom is -0.469 e. The summed E-state index contributed by atoms with van der Waals surface area (Å²) in [6.45, 7) is 18.6. The van der Waals surface area contributed by atoms with Crippen molar-refractivity contribution in [3.05, 3.63) is 0 Å². The van der Waals surface area contributed by atoms with Crippen LogP contribution in [-0.2, 0) is 9.53 Å². The summed E-state index contributed by atoms with van der Waals surface area (Å²) >= 11 is 0. The Morgan fingerprint density at radius 2 is 1.40 bits per heavy atom. The third-order valence-electron chi connectivity index (χ3n) is 14.5. The molecule has 0 saturated heterocycles. The van der Waals surface area contributed by atoms with Crippen molar-refractivity contribution in [2.45, 2.75) is 132 Å². The van der Waals surface area contributed by atoms with Gasteiger partial charge in [-0.15, -0.1) is 0 Å². The van der Waals surface area contributed by atoms with Crippen LogP contribution in [0.15, 0.2) is 0 Å². The van der Waals surface area contributed by atoms with E-state index in [2.05, 4.69) is 48.5 Å². The first-order valence-corrected chi connectivity index (χ1v) is 15.4. The molecule has 5 rings (SSSR count). The number of hydrogen-bond donors (Lipinski definition) is 0. The van der Waals surface area contributed by atoms with E-state index < -0.39 is 0 Å². The van der Waals surface area contributed by atoms with Gasteiger partial charge in [0, 0.05) is 6.42 Å². The summed E-state index contributed by atoms with van der Waals surface area (Å²) in [6.07, 6.45) is 17.5. The monoisotopic (exact) mass is 484 g/mol. The molecule has 0 aromatic carbocycles. The first kappa shape index (κ1) is 26.1. The lowest BCUT2D eigenvalue weighted by Gasteiger charge is -2.73. The third kappa shape index (κ3) is 3.56. The molecule has 2 heteroatoms. The van der Waals surface area contributed by atoms with Gasteiger partial charge in [0.15, 0.2) is 0 Å². The Labute approximate surface area is 217 Å². The van der Waals surface area contributed by atoms with Crippen LogP contribution >= 0.6 is 0 Å². The topological polar surface area (TPSA) is 26.3 Å². The van der Waals surface area contributed by atoms with Crippen molar-refractivity contribution < 1.29 is 9.53 Å². The molecule has 0 aliphatic heterocycles. The van der Waals surface area contributed by atoms with E-state index in [4.69, 9.17) is 4.74 Å². The van der Waals surface area contributed by atoms with Crippen LogP contribution in [0.4, 0.5) is 0 Å². The molecule has 0 aromatic rings. The molecule has 0 unspecified atom stereocenters. The van der Waals surface area contributed by atoms with Gasteiger partial charge in [-0.05, 0) is 133 Å². The molecule has 2 nitrogen and oxygen atoms in total. The Kier molecular flexibility index (Phi) is 6.33. The fraction of sp³-hybridized carbons (Fsp3) is 0.970. The highest BCUT2D eigenvalue weighted by molar-refractivity contribution is 5.69. The Morgan fingerprint density at radius 1 is 0.771 bits per heavy atom. The summed E-state index contributed by atoms with van der Waals surface area (Å²) in [5.74, 6) is 4.96. The predicted octanol–water partition coefficient (Wildman–Crippen LogP) is 9.07. The summed E-state index contributed by atoms with van der Waals surface area (Å²) in [5.41, 5.74) is 2.54. The van der Waals surface area contributed by atoms with Gasteiger partial charge in [-0.3, -0.25) is 4.79 Å². The molecule has 10 atom stereocenters. The van der Waals surface area contributed by atoms with Crippen LogP contribution in [0.1, 0.15) is 132 Å². The molecule has 5 fully saturated rings.